The van der Waals surface area contributed by atoms with Gasteiger partial charge in [0.15, 0.2) is 0 Å². The first-order valence-electron chi connectivity index (χ1n) is 6.65. The Morgan fingerprint density at radius 3 is 2.36 bits per heavy atom. The molecule has 0 unspecified atom stereocenters. The maximum absolute atomic E-state index is 10.7. The number of para-hydroxylation sites is 1. The van der Waals surface area contributed by atoms with Crippen LogP contribution in [0.2, 0.25) is 0 Å². The Morgan fingerprint density at radius 2 is 1.73 bits per heavy atom. The highest BCUT2D eigenvalue weighted by molar-refractivity contribution is 5.82. The zero-order valence-electron chi connectivity index (χ0n) is 11.6. The second kappa shape index (κ2) is 6.09. The van der Waals surface area contributed by atoms with Crippen LogP contribution in [0.4, 0.5) is 0 Å². The van der Waals surface area contributed by atoms with Gasteiger partial charge in [-0.1, -0.05) is 30.3 Å². The molecule has 0 bridgehead atoms. The summed E-state index contributed by atoms with van der Waals surface area (Å²) in [7, 11) is 0. The van der Waals surface area contributed by atoms with Gasteiger partial charge in [-0.05, 0) is 29.8 Å². The van der Waals surface area contributed by atoms with E-state index < -0.39 is 5.97 Å². The molecule has 0 aliphatic rings. The third-order valence-electron chi connectivity index (χ3n) is 2.97. The average Bonchev–Trinajstić information content (AvgIpc) is 2.99. The van der Waals surface area contributed by atoms with Crippen LogP contribution in [0.15, 0.2) is 60.9 Å². The zero-order chi connectivity index (χ0) is 15.4. The minimum absolute atomic E-state index is 0.205. The molecular weight excluding hydrogens is 282 g/mol. The van der Waals surface area contributed by atoms with E-state index in [0.29, 0.717) is 6.54 Å². The smallest absolute Gasteiger partial charge is 0.375 e. The lowest BCUT2D eigenvalue weighted by Crippen LogP contribution is -2.04. The molecule has 6 heteroatoms. The van der Waals surface area contributed by atoms with Crippen molar-refractivity contribution in [2.75, 3.05) is 0 Å². The van der Waals surface area contributed by atoms with E-state index >= 15 is 0 Å². The van der Waals surface area contributed by atoms with Gasteiger partial charge in [0.05, 0.1) is 6.54 Å². The van der Waals surface area contributed by atoms with Crippen molar-refractivity contribution in [1.82, 2.24) is 14.8 Å². The topological polar surface area (TPSA) is 77.2 Å². The summed E-state index contributed by atoms with van der Waals surface area (Å²) in [4.78, 5) is 14.4. The van der Waals surface area contributed by atoms with Gasteiger partial charge in [0.25, 0.3) is 5.82 Å². The molecule has 3 rings (SSSR count). The van der Waals surface area contributed by atoms with Gasteiger partial charge >= 0.3 is 5.97 Å². The monoisotopic (exact) mass is 295 g/mol. The third kappa shape index (κ3) is 3.29. The van der Waals surface area contributed by atoms with Crippen LogP contribution in [0.3, 0.4) is 0 Å². The second-order valence-electron chi connectivity index (χ2n) is 4.63. The first-order chi connectivity index (χ1) is 10.7. The molecule has 1 aromatic heterocycles. The number of rotatable bonds is 5. The number of nitrogens with zero attached hydrogens (tertiary/aromatic N) is 3. The van der Waals surface area contributed by atoms with Crippen molar-refractivity contribution >= 4 is 5.97 Å². The molecule has 1 N–H and O–H groups in total. The quantitative estimate of drug-likeness (QED) is 0.783. The Labute approximate surface area is 126 Å². The fourth-order valence-corrected chi connectivity index (χ4v) is 1.94. The Bertz CT molecular complexity index is 767. The van der Waals surface area contributed by atoms with E-state index in [1.54, 1.807) is 0 Å². The van der Waals surface area contributed by atoms with E-state index in [0.717, 1.165) is 17.1 Å². The van der Waals surface area contributed by atoms with Gasteiger partial charge in [-0.3, -0.25) is 0 Å². The van der Waals surface area contributed by atoms with Gasteiger partial charge in [-0.25, -0.2) is 14.5 Å². The molecule has 6 nitrogen and oxygen atoms in total. The molecule has 0 spiro atoms. The van der Waals surface area contributed by atoms with Crippen LogP contribution in [0.1, 0.15) is 16.2 Å². The summed E-state index contributed by atoms with van der Waals surface area (Å²) >= 11 is 0. The van der Waals surface area contributed by atoms with Crippen molar-refractivity contribution < 1.29 is 14.6 Å². The number of benzene rings is 2. The Morgan fingerprint density at radius 1 is 1.05 bits per heavy atom. The number of carboxylic acid groups (broad SMARTS) is 1. The van der Waals surface area contributed by atoms with E-state index in [4.69, 9.17) is 9.84 Å². The van der Waals surface area contributed by atoms with Crippen molar-refractivity contribution in [3.63, 3.8) is 0 Å². The van der Waals surface area contributed by atoms with E-state index in [-0.39, 0.29) is 5.82 Å². The van der Waals surface area contributed by atoms with Gasteiger partial charge in [-0.15, -0.1) is 5.10 Å². The van der Waals surface area contributed by atoms with Gasteiger partial charge in [0.1, 0.15) is 17.8 Å². The summed E-state index contributed by atoms with van der Waals surface area (Å²) in [6.45, 7) is 0.450. The molecule has 0 aliphatic heterocycles. The SMILES string of the molecule is O=C(O)c1ncn(Cc2ccc(Oc3ccccc3)cc2)n1. The number of aromatic nitrogens is 3. The summed E-state index contributed by atoms with van der Waals surface area (Å²) in [6.07, 6.45) is 1.40. The Balaban J connectivity index is 1.67. The molecule has 22 heavy (non-hydrogen) atoms. The molecule has 0 saturated heterocycles. The molecular formula is C16H13N3O3. The molecule has 110 valence electrons. The fraction of sp³-hybridized carbons (Fsp3) is 0.0625. The van der Waals surface area contributed by atoms with Crippen LogP contribution in [-0.2, 0) is 6.54 Å². The summed E-state index contributed by atoms with van der Waals surface area (Å²) in [5.74, 6) is 0.173. The van der Waals surface area contributed by atoms with Gasteiger partial charge in [-0.2, -0.15) is 0 Å². The fourth-order valence-electron chi connectivity index (χ4n) is 1.94. The molecule has 0 saturated carbocycles. The first-order valence-corrected chi connectivity index (χ1v) is 6.65. The predicted octanol–water partition coefficient (Wildman–Crippen LogP) is 2.82. The van der Waals surface area contributed by atoms with Crippen LogP contribution >= 0.6 is 0 Å². The van der Waals surface area contributed by atoms with Crippen molar-refractivity contribution in [2.24, 2.45) is 0 Å². The molecule has 1 heterocycles. The van der Waals surface area contributed by atoms with Gasteiger partial charge in [0, 0.05) is 0 Å². The standard InChI is InChI=1S/C16H13N3O3/c20-16(21)15-17-11-19(18-15)10-12-6-8-14(9-7-12)22-13-4-2-1-3-5-13/h1-9,11H,10H2,(H,20,21). The Hall–Kier alpha value is -3.15. The summed E-state index contributed by atoms with van der Waals surface area (Å²) in [5.41, 5.74) is 0.974. The van der Waals surface area contributed by atoms with E-state index in [2.05, 4.69) is 10.1 Å². The second-order valence-corrected chi connectivity index (χ2v) is 4.63. The number of hydrogen-bond acceptors (Lipinski definition) is 4. The number of ether oxygens (including phenoxy) is 1. The lowest BCUT2D eigenvalue weighted by molar-refractivity contribution is 0.0683. The van der Waals surface area contributed by atoms with E-state index in [1.165, 1.54) is 11.0 Å². The molecule has 0 fully saturated rings. The van der Waals surface area contributed by atoms with Crippen LogP contribution in [-0.4, -0.2) is 25.8 Å². The average molecular weight is 295 g/mol. The van der Waals surface area contributed by atoms with Crippen molar-refractivity contribution in [1.29, 1.82) is 0 Å². The Kier molecular flexibility index (Phi) is 3.82. The van der Waals surface area contributed by atoms with Gasteiger partial charge < -0.3 is 9.84 Å². The van der Waals surface area contributed by atoms with Crippen LogP contribution in [0.5, 0.6) is 11.5 Å². The maximum atomic E-state index is 10.7. The summed E-state index contributed by atoms with van der Waals surface area (Å²) in [5, 5.41) is 12.7. The summed E-state index contributed by atoms with van der Waals surface area (Å²) < 4.78 is 7.19. The third-order valence-corrected chi connectivity index (χ3v) is 2.97. The molecule has 0 atom stereocenters. The molecule has 0 aliphatic carbocycles. The normalized spacial score (nSPS) is 10.4. The largest absolute Gasteiger partial charge is 0.475 e. The van der Waals surface area contributed by atoms with Gasteiger partial charge in [0.2, 0.25) is 0 Å². The van der Waals surface area contributed by atoms with Crippen LogP contribution in [0, 0.1) is 0 Å². The lowest BCUT2D eigenvalue weighted by Gasteiger charge is -2.06. The zero-order valence-corrected chi connectivity index (χ0v) is 11.6. The van der Waals surface area contributed by atoms with Crippen LogP contribution in [0.25, 0.3) is 0 Å². The maximum Gasteiger partial charge on any atom is 0.375 e. The first kappa shape index (κ1) is 13.8. The molecule has 3 aromatic rings. The lowest BCUT2D eigenvalue weighted by atomic mass is 10.2. The number of hydrogen-bond donors (Lipinski definition) is 1. The highest BCUT2D eigenvalue weighted by atomic mass is 16.5. The highest BCUT2D eigenvalue weighted by Gasteiger charge is 2.08. The minimum Gasteiger partial charge on any atom is -0.475 e. The molecule has 0 amide bonds. The van der Waals surface area contributed by atoms with E-state index in [1.807, 2.05) is 54.6 Å². The van der Waals surface area contributed by atoms with E-state index in [9.17, 15) is 4.79 Å². The minimum atomic E-state index is -1.13. The predicted molar refractivity (Wildman–Crippen MR) is 79.0 cm³/mol. The van der Waals surface area contributed by atoms with Crippen LogP contribution < -0.4 is 4.74 Å². The number of aromatic carboxylic acids is 1. The number of carbonyl (C=O) groups is 1. The van der Waals surface area contributed by atoms with Crippen molar-refractivity contribution in [3.8, 4) is 11.5 Å². The van der Waals surface area contributed by atoms with Crippen molar-refractivity contribution in [2.45, 2.75) is 6.54 Å². The van der Waals surface area contributed by atoms with Crippen molar-refractivity contribution in [3.05, 3.63) is 72.3 Å². The molecule has 0 radical (unpaired) electrons. The number of carboxylic acids is 1. The molecule has 2 aromatic carbocycles. The highest BCUT2D eigenvalue weighted by Crippen LogP contribution is 2.21. The summed E-state index contributed by atoms with van der Waals surface area (Å²) in [6, 6.07) is 17.0.